The van der Waals surface area contributed by atoms with Crippen molar-refractivity contribution in [3.63, 3.8) is 0 Å². The number of hydrogen-bond donors (Lipinski definition) is 1. The quantitative estimate of drug-likeness (QED) is 0.827. The summed E-state index contributed by atoms with van der Waals surface area (Å²) in [5.41, 5.74) is 0.108. The van der Waals surface area contributed by atoms with Crippen LogP contribution in [0.4, 0.5) is 0 Å². The highest BCUT2D eigenvalue weighted by Gasteiger charge is 2.45. The van der Waals surface area contributed by atoms with Crippen LogP contribution in [-0.2, 0) is 15.1 Å². The van der Waals surface area contributed by atoms with Gasteiger partial charge in [0, 0.05) is 12.0 Å². The van der Waals surface area contributed by atoms with Gasteiger partial charge in [0.25, 0.3) is 0 Å². The Morgan fingerprint density at radius 3 is 2.94 bits per heavy atom. The first-order valence-electron chi connectivity index (χ1n) is 6.39. The Morgan fingerprint density at radius 1 is 1.44 bits per heavy atom. The van der Waals surface area contributed by atoms with Gasteiger partial charge in [0.05, 0.1) is 13.2 Å². The molecule has 1 aromatic carbocycles. The maximum atomic E-state index is 12.3. The fourth-order valence-corrected chi connectivity index (χ4v) is 2.42. The van der Waals surface area contributed by atoms with Gasteiger partial charge in [0.1, 0.15) is 11.3 Å². The summed E-state index contributed by atoms with van der Waals surface area (Å²) in [6, 6.07) is 7.64. The number of benzene rings is 1. The Balaban J connectivity index is 2.45. The number of nitrogens with one attached hydrogen (secondary N) is 1. The summed E-state index contributed by atoms with van der Waals surface area (Å²) in [4.78, 5) is 12.3. The third-order valence-electron chi connectivity index (χ3n) is 3.18. The van der Waals surface area contributed by atoms with Crippen molar-refractivity contribution in [2.75, 3.05) is 19.8 Å². The summed E-state index contributed by atoms with van der Waals surface area (Å²) < 4.78 is 10.8. The molecule has 1 aromatic rings. The van der Waals surface area contributed by atoms with Crippen LogP contribution in [0.25, 0.3) is 0 Å². The first-order valence-corrected chi connectivity index (χ1v) is 6.39. The van der Waals surface area contributed by atoms with E-state index in [4.69, 9.17) is 9.47 Å². The fourth-order valence-electron chi connectivity index (χ4n) is 2.42. The third-order valence-corrected chi connectivity index (χ3v) is 3.18. The van der Waals surface area contributed by atoms with Gasteiger partial charge in [-0.05, 0) is 19.5 Å². The maximum Gasteiger partial charge on any atom is 0.331 e. The number of hydrogen-bond acceptors (Lipinski definition) is 4. The van der Waals surface area contributed by atoms with E-state index in [0.717, 1.165) is 11.3 Å². The smallest absolute Gasteiger partial charge is 0.331 e. The van der Waals surface area contributed by atoms with Crippen LogP contribution in [0, 0.1) is 0 Å². The lowest BCUT2D eigenvalue weighted by Gasteiger charge is -2.37. The van der Waals surface area contributed by atoms with Crippen molar-refractivity contribution in [2.45, 2.75) is 25.8 Å². The first kappa shape index (κ1) is 12.9. The molecule has 4 nitrogen and oxygen atoms in total. The van der Waals surface area contributed by atoms with E-state index in [-0.39, 0.29) is 5.97 Å². The van der Waals surface area contributed by atoms with E-state index in [0.29, 0.717) is 26.2 Å². The van der Waals surface area contributed by atoms with Crippen molar-refractivity contribution in [2.24, 2.45) is 0 Å². The minimum absolute atomic E-state index is 0.220. The molecular weight excluding hydrogens is 230 g/mol. The molecule has 1 aliphatic rings. The molecule has 0 bridgehead atoms. The maximum absolute atomic E-state index is 12.3. The molecule has 0 spiro atoms. The molecule has 4 heteroatoms. The van der Waals surface area contributed by atoms with E-state index < -0.39 is 5.54 Å². The standard InChI is InChI=1S/C14H19NO3/c1-3-15-14(13(16)17-4-2)9-10-18-12-8-6-5-7-11(12)14/h5-8,15H,3-4,9-10H2,1-2H3. The second kappa shape index (κ2) is 5.40. The molecular formula is C14H19NO3. The average molecular weight is 249 g/mol. The Kier molecular flexibility index (Phi) is 3.87. The molecule has 0 radical (unpaired) electrons. The molecule has 18 heavy (non-hydrogen) atoms. The lowest BCUT2D eigenvalue weighted by atomic mass is 9.84. The number of fused-ring (bicyclic) bond motifs is 1. The van der Waals surface area contributed by atoms with Gasteiger partial charge in [0.15, 0.2) is 0 Å². The van der Waals surface area contributed by atoms with Gasteiger partial charge in [-0.15, -0.1) is 0 Å². The highest BCUT2D eigenvalue weighted by molar-refractivity contribution is 5.84. The van der Waals surface area contributed by atoms with Crippen molar-refractivity contribution in [3.8, 4) is 5.75 Å². The van der Waals surface area contributed by atoms with Crippen molar-refractivity contribution < 1.29 is 14.3 Å². The highest BCUT2D eigenvalue weighted by atomic mass is 16.5. The zero-order valence-electron chi connectivity index (χ0n) is 10.9. The first-order chi connectivity index (χ1) is 8.74. The van der Waals surface area contributed by atoms with Gasteiger partial charge in [-0.3, -0.25) is 5.32 Å². The normalized spacial score (nSPS) is 21.9. The second-order valence-electron chi connectivity index (χ2n) is 4.25. The van der Waals surface area contributed by atoms with E-state index >= 15 is 0 Å². The number of para-hydroxylation sites is 1. The second-order valence-corrected chi connectivity index (χ2v) is 4.25. The van der Waals surface area contributed by atoms with Gasteiger partial charge < -0.3 is 9.47 Å². The number of carbonyl (C=O) groups is 1. The van der Waals surface area contributed by atoms with E-state index in [1.807, 2.05) is 38.1 Å². The number of esters is 1. The van der Waals surface area contributed by atoms with Crippen LogP contribution in [0.2, 0.25) is 0 Å². The van der Waals surface area contributed by atoms with E-state index in [9.17, 15) is 4.79 Å². The Morgan fingerprint density at radius 2 is 2.22 bits per heavy atom. The monoisotopic (exact) mass is 249 g/mol. The molecule has 0 fully saturated rings. The summed E-state index contributed by atoms with van der Waals surface area (Å²) in [5, 5.41) is 3.28. The third kappa shape index (κ3) is 2.08. The lowest BCUT2D eigenvalue weighted by Crippen LogP contribution is -2.52. The minimum Gasteiger partial charge on any atom is -0.493 e. The molecule has 0 saturated carbocycles. The molecule has 1 aliphatic heterocycles. The predicted molar refractivity (Wildman–Crippen MR) is 68.5 cm³/mol. The van der Waals surface area contributed by atoms with Crippen LogP contribution in [0.3, 0.4) is 0 Å². The average Bonchev–Trinajstić information content (AvgIpc) is 2.39. The van der Waals surface area contributed by atoms with Crippen LogP contribution in [0.5, 0.6) is 5.75 Å². The molecule has 1 unspecified atom stereocenters. The minimum atomic E-state index is -0.764. The summed E-state index contributed by atoms with van der Waals surface area (Å²) in [7, 11) is 0. The Hall–Kier alpha value is -1.55. The topological polar surface area (TPSA) is 47.6 Å². The predicted octanol–water partition coefficient (Wildman–Crippen LogP) is 1.84. The van der Waals surface area contributed by atoms with E-state index in [2.05, 4.69) is 5.32 Å². The summed E-state index contributed by atoms with van der Waals surface area (Å²) in [6.45, 7) is 5.41. The van der Waals surface area contributed by atoms with Crippen molar-refractivity contribution in [1.82, 2.24) is 5.32 Å². The van der Waals surface area contributed by atoms with Gasteiger partial charge in [-0.2, -0.15) is 0 Å². The largest absolute Gasteiger partial charge is 0.493 e. The van der Waals surface area contributed by atoms with Crippen molar-refractivity contribution >= 4 is 5.97 Å². The highest BCUT2D eigenvalue weighted by Crippen LogP contribution is 2.37. The Bertz CT molecular complexity index is 433. The van der Waals surface area contributed by atoms with Gasteiger partial charge in [0.2, 0.25) is 0 Å². The fraction of sp³-hybridized carbons (Fsp3) is 0.500. The summed E-state index contributed by atoms with van der Waals surface area (Å²) in [6.07, 6.45) is 0.594. The molecule has 98 valence electrons. The van der Waals surface area contributed by atoms with Gasteiger partial charge >= 0.3 is 5.97 Å². The van der Waals surface area contributed by atoms with E-state index in [1.165, 1.54) is 0 Å². The van der Waals surface area contributed by atoms with Crippen molar-refractivity contribution in [1.29, 1.82) is 0 Å². The molecule has 0 amide bonds. The molecule has 1 atom stereocenters. The van der Waals surface area contributed by atoms with E-state index in [1.54, 1.807) is 0 Å². The number of likely N-dealkylation sites (N-methyl/N-ethyl adjacent to an activating group) is 1. The van der Waals surface area contributed by atoms with Crippen LogP contribution in [0.1, 0.15) is 25.8 Å². The molecule has 1 N–H and O–H groups in total. The zero-order chi connectivity index (χ0) is 13.0. The SMILES string of the molecule is CCNC1(C(=O)OCC)CCOc2ccccc21. The van der Waals surface area contributed by atoms with Crippen LogP contribution < -0.4 is 10.1 Å². The summed E-state index contributed by atoms with van der Waals surface area (Å²) in [5.74, 6) is 0.542. The van der Waals surface area contributed by atoms with Crippen LogP contribution in [-0.4, -0.2) is 25.7 Å². The van der Waals surface area contributed by atoms with Gasteiger partial charge in [-0.25, -0.2) is 4.79 Å². The van der Waals surface area contributed by atoms with Crippen LogP contribution >= 0.6 is 0 Å². The van der Waals surface area contributed by atoms with Gasteiger partial charge in [-0.1, -0.05) is 25.1 Å². The molecule has 2 rings (SSSR count). The summed E-state index contributed by atoms with van der Waals surface area (Å²) >= 11 is 0. The molecule has 1 heterocycles. The van der Waals surface area contributed by atoms with Crippen molar-refractivity contribution in [3.05, 3.63) is 29.8 Å². The Labute approximate surface area is 107 Å². The number of rotatable bonds is 4. The van der Waals surface area contributed by atoms with Crippen LogP contribution in [0.15, 0.2) is 24.3 Å². The number of ether oxygens (including phenoxy) is 2. The molecule has 0 aliphatic carbocycles. The lowest BCUT2D eigenvalue weighted by molar-refractivity contribution is -0.153. The molecule has 0 aromatic heterocycles. The molecule has 0 saturated heterocycles. The number of carbonyl (C=O) groups excluding carboxylic acids is 1. The zero-order valence-corrected chi connectivity index (χ0v) is 10.9.